The number of aromatic nitrogens is 3. The molecule has 1 aromatic rings. The number of aromatic amines is 1. The van der Waals surface area contributed by atoms with E-state index in [1.807, 2.05) is 18.7 Å². The summed E-state index contributed by atoms with van der Waals surface area (Å²) in [4.78, 5) is 26.1. The first-order chi connectivity index (χ1) is 10.1. The van der Waals surface area contributed by atoms with Crippen LogP contribution in [0.3, 0.4) is 0 Å². The van der Waals surface area contributed by atoms with E-state index < -0.39 is 0 Å². The fraction of sp³-hybridized carbons (Fsp3) is 0.786. The molecule has 1 atom stereocenters. The van der Waals surface area contributed by atoms with E-state index in [0.717, 1.165) is 32.4 Å². The standard InChI is InChI=1S/C14H24N4O2S/c1-3-8-18-13(20)15-16-14(18)21-11(2)12(19)17-9-6-4-5-7-10-17/h11H,3-10H2,1-2H3,(H,15,20)/t11-/m0/s1. The first kappa shape index (κ1) is 16.1. The topological polar surface area (TPSA) is 71.0 Å². The van der Waals surface area contributed by atoms with Gasteiger partial charge in [-0.1, -0.05) is 31.5 Å². The third-order valence-electron chi connectivity index (χ3n) is 3.72. The Morgan fingerprint density at radius 3 is 2.62 bits per heavy atom. The molecular weight excluding hydrogens is 288 g/mol. The summed E-state index contributed by atoms with van der Waals surface area (Å²) in [6, 6.07) is 0. The van der Waals surface area contributed by atoms with Crippen LogP contribution >= 0.6 is 11.8 Å². The summed E-state index contributed by atoms with van der Waals surface area (Å²) in [7, 11) is 0. The highest BCUT2D eigenvalue weighted by atomic mass is 32.2. The number of likely N-dealkylation sites (tertiary alicyclic amines) is 1. The highest BCUT2D eigenvalue weighted by Gasteiger charge is 2.24. The second kappa shape index (κ2) is 7.68. The number of thioether (sulfide) groups is 1. The molecule has 1 N–H and O–H groups in total. The van der Waals surface area contributed by atoms with E-state index in [9.17, 15) is 9.59 Å². The van der Waals surface area contributed by atoms with Crippen molar-refractivity contribution < 1.29 is 4.79 Å². The Balaban J connectivity index is 2.01. The van der Waals surface area contributed by atoms with Gasteiger partial charge in [0.25, 0.3) is 0 Å². The molecule has 1 fully saturated rings. The highest BCUT2D eigenvalue weighted by molar-refractivity contribution is 8.00. The van der Waals surface area contributed by atoms with Crippen molar-refractivity contribution in [2.24, 2.45) is 0 Å². The van der Waals surface area contributed by atoms with Gasteiger partial charge in [0.15, 0.2) is 5.16 Å². The van der Waals surface area contributed by atoms with Gasteiger partial charge < -0.3 is 4.90 Å². The van der Waals surface area contributed by atoms with Gasteiger partial charge in [-0.05, 0) is 26.2 Å². The van der Waals surface area contributed by atoms with E-state index in [1.54, 1.807) is 4.57 Å². The highest BCUT2D eigenvalue weighted by Crippen LogP contribution is 2.23. The van der Waals surface area contributed by atoms with Gasteiger partial charge in [0.2, 0.25) is 5.91 Å². The molecule has 1 amide bonds. The number of nitrogens with one attached hydrogen (secondary N) is 1. The second-order valence-electron chi connectivity index (χ2n) is 5.46. The van der Waals surface area contributed by atoms with Gasteiger partial charge >= 0.3 is 5.69 Å². The van der Waals surface area contributed by atoms with Gasteiger partial charge in [-0.15, -0.1) is 5.10 Å². The molecule has 0 saturated carbocycles. The van der Waals surface area contributed by atoms with E-state index >= 15 is 0 Å². The van der Waals surface area contributed by atoms with E-state index in [1.165, 1.54) is 24.6 Å². The maximum absolute atomic E-state index is 12.5. The number of H-pyrrole nitrogens is 1. The zero-order chi connectivity index (χ0) is 15.2. The van der Waals surface area contributed by atoms with Crippen LogP contribution in [0.25, 0.3) is 0 Å². The van der Waals surface area contributed by atoms with Crippen LogP contribution in [0, 0.1) is 0 Å². The smallest absolute Gasteiger partial charge is 0.342 e. The fourth-order valence-corrected chi connectivity index (χ4v) is 3.54. The number of carbonyl (C=O) groups is 1. The summed E-state index contributed by atoms with van der Waals surface area (Å²) >= 11 is 1.37. The number of nitrogens with zero attached hydrogens (tertiary/aromatic N) is 3. The molecule has 0 bridgehead atoms. The maximum Gasteiger partial charge on any atom is 0.343 e. The number of hydrogen-bond acceptors (Lipinski definition) is 4. The molecule has 1 aliphatic heterocycles. The van der Waals surface area contributed by atoms with Crippen LogP contribution in [0.1, 0.15) is 46.0 Å². The van der Waals surface area contributed by atoms with Gasteiger partial charge in [-0.2, -0.15) is 0 Å². The molecule has 7 heteroatoms. The van der Waals surface area contributed by atoms with Crippen molar-refractivity contribution in [2.45, 2.75) is 62.9 Å². The average molecular weight is 312 g/mol. The van der Waals surface area contributed by atoms with Crippen LogP contribution in [0.5, 0.6) is 0 Å². The van der Waals surface area contributed by atoms with Gasteiger partial charge in [0.05, 0.1) is 5.25 Å². The monoisotopic (exact) mass is 312 g/mol. The lowest BCUT2D eigenvalue weighted by Crippen LogP contribution is -2.37. The summed E-state index contributed by atoms with van der Waals surface area (Å²) < 4.78 is 1.61. The summed E-state index contributed by atoms with van der Waals surface area (Å²) in [5.41, 5.74) is -0.200. The van der Waals surface area contributed by atoms with Crippen molar-refractivity contribution in [1.29, 1.82) is 0 Å². The zero-order valence-electron chi connectivity index (χ0n) is 12.8. The Hall–Kier alpha value is -1.24. The van der Waals surface area contributed by atoms with Gasteiger partial charge in [-0.25, -0.2) is 9.89 Å². The van der Waals surface area contributed by atoms with Crippen molar-refractivity contribution in [3.8, 4) is 0 Å². The number of rotatable bonds is 5. The average Bonchev–Trinajstić information content (AvgIpc) is 2.72. The molecule has 118 valence electrons. The van der Waals surface area contributed by atoms with Gasteiger partial charge in [0.1, 0.15) is 0 Å². The molecule has 21 heavy (non-hydrogen) atoms. The second-order valence-corrected chi connectivity index (χ2v) is 6.77. The SMILES string of the molecule is CCCn1c(S[C@@H](C)C(=O)N2CCCCCC2)n[nH]c1=O. The van der Waals surface area contributed by atoms with Crippen LogP contribution in [-0.2, 0) is 11.3 Å². The van der Waals surface area contributed by atoms with Crippen LogP contribution in [0.2, 0.25) is 0 Å². The molecule has 6 nitrogen and oxygen atoms in total. The molecule has 1 aliphatic rings. The first-order valence-electron chi connectivity index (χ1n) is 7.74. The Morgan fingerprint density at radius 1 is 1.33 bits per heavy atom. The van der Waals surface area contributed by atoms with Crippen LogP contribution in [-0.4, -0.2) is 43.9 Å². The first-order valence-corrected chi connectivity index (χ1v) is 8.62. The molecule has 1 aromatic heterocycles. The molecule has 0 unspecified atom stereocenters. The minimum absolute atomic E-state index is 0.153. The normalized spacial score (nSPS) is 17.5. The molecule has 0 aromatic carbocycles. The van der Waals surface area contributed by atoms with Crippen molar-refractivity contribution >= 4 is 17.7 Å². The Labute approximate surface area is 129 Å². The van der Waals surface area contributed by atoms with Crippen molar-refractivity contribution in [1.82, 2.24) is 19.7 Å². The van der Waals surface area contributed by atoms with Crippen molar-refractivity contribution in [3.63, 3.8) is 0 Å². The largest absolute Gasteiger partial charge is 0.343 e. The molecule has 1 saturated heterocycles. The third-order valence-corrected chi connectivity index (χ3v) is 4.80. The number of amides is 1. The number of carbonyl (C=O) groups excluding carboxylic acids is 1. The Kier molecular flexibility index (Phi) is 5.90. The van der Waals surface area contributed by atoms with Gasteiger partial charge in [-0.3, -0.25) is 9.36 Å². The van der Waals surface area contributed by atoms with Crippen molar-refractivity contribution in [3.05, 3.63) is 10.5 Å². The molecular formula is C14H24N4O2S. The number of hydrogen-bond donors (Lipinski definition) is 1. The van der Waals surface area contributed by atoms with E-state index in [-0.39, 0.29) is 16.8 Å². The maximum atomic E-state index is 12.5. The molecule has 0 aliphatic carbocycles. The van der Waals surface area contributed by atoms with Crippen LogP contribution in [0.15, 0.2) is 9.95 Å². The zero-order valence-corrected chi connectivity index (χ0v) is 13.6. The minimum Gasteiger partial charge on any atom is -0.342 e. The summed E-state index contributed by atoms with van der Waals surface area (Å²) in [5.74, 6) is 0.153. The molecule has 2 rings (SSSR count). The predicted molar refractivity (Wildman–Crippen MR) is 83.5 cm³/mol. The van der Waals surface area contributed by atoms with Crippen molar-refractivity contribution in [2.75, 3.05) is 13.1 Å². The molecule has 0 spiro atoms. The minimum atomic E-state index is -0.214. The molecule has 0 radical (unpaired) electrons. The van der Waals surface area contributed by atoms with E-state index in [0.29, 0.717) is 11.7 Å². The molecule has 2 heterocycles. The van der Waals surface area contributed by atoms with Crippen LogP contribution < -0.4 is 5.69 Å². The lowest BCUT2D eigenvalue weighted by molar-refractivity contribution is -0.130. The van der Waals surface area contributed by atoms with E-state index in [4.69, 9.17) is 0 Å². The summed E-state index contributed by atoms with van der Waals surface area (Å²) in [6.45, 7) is 6.24. The lowest BCUT2D eigenvalue weighted by atomic mass is 10.2. The third kappa shape index (κ3) is 4.12. The Morgan fingerprint density at radius 2 is 2.00 bits per heavy atom. The predicted octanol–water partition coefficient (Wildman–Crippen LogP) is 1.86. The van der Waals surface area contributed by atoms with Gasteiger partial charge in [0, 0.05) is 19.6 Å². The summed E-state index contributed by atoms with van der Waals surface area (Å²) in [5, 5.41) is 6.90. The van der Waals surface area contributed by atoms with Crippen LogP contribution in [0.4, 0.5) is 0 Å². The fourth-order valence-electron chi connectivity index (χ4n) is 2.57. The van der Waals surface area contributed by atoms with E-state index in [2.05, 4.69) is 10.2 Å². The summed E-state index contributed by atoms with van der Waals surface area (Å²) in [6.07, 6.45) is 5.46. The quantitative estimate of drug-likeness (QED) is 0.843. The lowest BCUT2D eigenvalue weighted by Gasteiger charge is -2.23. The Bertz CT molecular complexity index is 517.